The van der Waals surface area contributed by atoms with Gasteiger partial charge in [0.2, 0.25) is 11.7 Å². The van der Waals surface area contributed by atoms with Crippen LogP contribution in [0.2, 0.25) is 0 Å². The summed E-state index contributed by atoms with van der Waals surface area (Å²) in [7, 11) is 1.65. The third-order valence-electron chi connectivity index (χ3n) is 6.66. The highest BCUT2D eigenvalue weighted by Gasteiger charge is 2.29. The maximum atomic E-state index is 13.8. The molecule has 0 N–H and O–H groups in total. The van der Waals surface area contributed by atoms with Crippen LogP contribution in [-0.4, -0.2) is 36.4 Å². The van der Waals surface area contributed by atoms with Crippen LogP contribution in [-0.2, 0) is 19.6 Å². The summed E-state index contributed by atoms with van der Waals surface area (Å²) in [5, 5.41) is 4.22. The minimum absolute atomic E-state index is 0.101. The van der Waals surface area contributed by atoms with Crippen molar-refractivity contribution in [3.63, 3.8) is 0 Å². The molecule has 0 fully saturated rings. The number of fused-ring (bicyclic) bond motifs is 5. The quantitative estimate of drug-likeness (QED) is 0.275. The van der Waals surface area contributed by atoms with Crippen molar-refractivity contribution in [3.8, 4) is 40.0 Å². The molecule has 0 unspecified atom stereocenters. The Hall–Kier alpha value is -4.47. The molecule has 0 saturated heterocycles. The van der Waals surface area contributed by atoms with Gasteiger partial charge in [0.1, 0.15) is 41.8 Å². The lowest BCUT2D eigenvalue weighted by Gasteiger charge is -2.12. The number of nitrogens with zero attached hydrogens (tertiary/aromatic N) is 6. The second-order valence-corrected chi connectivity index (χ2v) is 9.41. The Labute approximate surface area is 218 Å². The maximum absolute atomic E-state index is 13.8. The Morgan fingerprint density at radius 1 is 1.11 bits per heavy atom. The molecule has 0 saturated carbocycles. The van der Waals surface area contributed by atoms with Gasteiger partial charge in [-0.1, -0.05) is 32.0 Å². The zero-order valence-corrected chi connectivity index (χ0v) is 21.6. The Morgan fingerprint density at radius 3 is 2.71 bits per heavy atom. The lowest BCUT2D eigenvalue weighted by molar-refractivity contribution is 0.289. The van der Waals surface area contributed by atoms with Gasteiger partial charge < -0.3 is 18.6 Å². The molecule has 2 aromatic carbocycles. The third-order valence-corrected chi connectivity index (χ3v) is 6.66. The zero-order valence-electron chi connectivity index (χ0n) is 21.6. The first-order valence-electron chi connectivity index (χ1n) is 12.5. The van der Waals surface area contributed by atoms with Gasteiger partial charge in [0, 0.05) is 17.5 Å². The fourth-order valence-corrected chi connectivity index (χ4v) is 4.76. The van der Waals surface area contributed by atoms with E-state index in [0.717, 1.165) is 34.1 Å². The standard InChI is InChI=1S/C28H27FN6O3/c1-5-21-26-20-12-18(36-4)9-10-22(20)35-15-30-25(27-32-28(16(2)3)38-33-27)23(35)13-34(26)24(31-21)14-37-19-8-6-7-17(29)11-19/h6-12,15-16H,5,13-14H2,1-4H3. The molecule has 5 aromatic rings. The average molecular weight is 515 g/mol. The number of aryl methyl sites for hydroxylation is 1. The molecule has 6 rings (SSSR count). The first-order valence-corrected chi connectivity index (χ1v) is 12.5. The van der Waals surface area contributed by atoms with Crippen molar-refractivity contribution in [1.82, 2.24) is 29.2 Å². The van der Waals surface area contributed by atoms with Gasteiger partial charge in [0.15, 0.2) is 0 Å². The molecule has 0 spiro atoms. The summed E-state index contributed by atoms with van der Waals surface area (Å²) in [5.74, 6) is 2.63. The molecule has 1 aliphatic heterocycles. The highest BCUT2D eigenvalue weighted by atomic mass is 19.1. The SMILES string of the molecule is CCc1nc(COc2cccc(F)c2)n2c1-c1cc(OC)ccc1-n1cnc(-c3noc(C(C)C)n3)c1C2. The van der Waals surface area contributed by atoms with Crippen LogP contribution in [0.3, 0.4) is 0 Å². The summed E-state index contributed by atoms with van der Waals surface area (Å²) >= 11 is 0. The number of imidazole rings is 2. The molecule has 10 heteroatoms. The molecular weight excluding hydrogens is 487 g/mol. The first kappa shape index (κ1) is 23.9. The van der Waals surface area contributed by atoms with E-state index < -0.39 is 0 Å². The summed E-state index contributed by atoms with van der Waals surface area (Å²) in [4.78, 5) is 14.3. The highest BCUT2D eigenvalue weighted by Crippen LogP contribution is 2.39. The number of rotatable bonds is 7. The van der Waals surface area contributed by atoms with Gasteiger partial charge >= 0.3 is 0 Å². The number of ether oxygens (including phenoxy) is 2. The molecule has 1 aliphatic rings. The van der Waals surface area contributed by atoms with E-state index in [9.17, 15) is 4.39 Å². The predicted molar refractivity (Wildman–Crippen MR) is 138 cm³/mol. The van der Waals surface area contributed by atoms with Crippen LogP contribution in [0, 0.1) is 5.82 Å². The van der Waals surface area contributed by atoms with E-state index >= 15 is 0 Å². The molecule has 0 atom stereocenters. The van der Waals surface area contributed by atoms with Gasteiger partial charge in [-0.15, -0.1) is 0 Å². The molecule has 38 heavy (non-hydrogen) atoms. The number of hydrogen-bond donors (Lipinski definition) is 0. The smallest absolute Gasteiger partial charge is 0.229 e. The van der Waals surface area contributed by atoms with Crippen LogP contribution in [0.1, 0.15) is 49.8 Å². The minimum Gasteiger partial charge on any atom is -0.497 e. The molecule has 3 aromatic heterocycles. The Balaban J connectivity index is 1.52. The van der Waals surface area contributed by atoms with Gasteiger partial charge in [-0.25, -0.2) is 14.4 Å². The fourth-order valence-electron chi connectivity index (χ4n) is 4.76. The largest absolute Gasteiger partial charge is 0.497 e. The van der Waals surface area contributed by atoms with E-state index in [1.807, 2.05) is 32.0 Å². The summed E-state index contributed by atoms with van der Waals surface area (Å²) in [6.07, 6.45) is 2.50. The van der Waals surface area contributed by atoms with Crippen LogP contribution >= 0.6 is 0 Å². The maximum Gasteiger partial charge on any atom is 0.229 e. The van der Waals surface area contributed by atoms with Gasteiger partial charge in [0.05, 0.1) is 36.4 Å². The predicted octanol–water partition coefficient (Wildman–Crippen LogP) is 5.56. The van der Waals surface area contributed by atoms with Gasteiger partial charge in [-0.05, 0) is 36.8 Å². The number of halogens is 1. The molecule has 0 amide bonds. The van der Waals surface area contributed by atoms with Crippen molar-refractivity contribution < 1.29 is 18.4 Å². The lowest BCUT2D eigenvalue weighted by atomic mass is 10.1. The monoisotopic (exact) mass is 514 g/mol. The van der Waals surface area contributed by atoms with E-state index in [1.54, 1.807) is 25.6 Å². The molecule has 0 bridgehead atoms. The second kappa shape index (κ2) is 9.44. The van der Waals surface area contributed by atoms with E-state index in [2.05, 4.69) is 26.2 Å². The number of methoxy groups -OCH3 is 1. The Bertz CT molecular complexity index is 1630. The Morgan fingerprint density at radius 2 is 1.97 bits per heavy atom. The summed E-state index contributed by atoms with van der Waals surface area (Å²) < 4.78 is 35.0. The highest BCUT2D eigenvalue weighted by molar-refractivity contribution is 5.76. The van der Waals surface area contributed by atoms with Gasteiger partial charge in [-0.2, -0.15) is 4.98 Å². The topological polar surface area (TPSA) is 93.0 Å². The average Bonchev–Trinajstić information content (AvgIpc) is 3.63. The zero-order chi connectivity index (χ0) is 26.4. The molecule has 9 nitrogen and oxygen atoms in total. The van der Waals surface area contributed by atoms with E-state index in [4.69, 9.17) is 24.0 Å². The van der Waals surface area contributed by atoms with Crippen molar-refractivity contribution in [2.24, 2.45) is 0 Å². The Kier molecular flexibility index (Phi) is 5.94. The summed E-state index contributed by atoms with van der Waals surface area (Å²) in [6.45, 7) is 6.69. The van der Waals surface area contributed by atoms with Crippen molar-refractivity contribution in [2.75, 3.05) is 7.11 Å². The van der Waals surface area contributed by atoms with Gasteiger partial charge in [0.25, 0.3) is 0 Å². The third kappa shape index (κ3) is 4.02. The molecule has 194 valence electrons. The van der Waals surface area contributed by atoms with Crippen LogP contribution in [0.5, 0.6) is 11.5 Å². The van der Waals surface area contributed by atoms with E-state index in [1.165, 1.54) is 12.1 Å². The normalized spacial score (nSPS) is 12.2. The van der Waals surface area contributed by atoms with Crippen LogP contribution in [0.4, 0.5) is 4.39 Å². The van der Waals surface area contributed by atoms with Crippen LogP contribution in [0.15, 0.2) is 53.3 Å². The summed E-state index contributed by atoms with van der Waals surface area (Å²) in [6, 6.07) is 12.1. The lowest BCUT2D eigenvalue weighted by Crippen LogP contribution is -2.10. The van der Waals surface area contributed by atoms with Crippen LogP contribution < -0.4 is 9.47 Å². The molecule has 4 heterocycles. The summed E-state index contributed by atoms with van der Waals surface area (Å²) in [5.41, 5.74) is 5.34. The van der Waals surface area contributed by atoms with Crippen molar-refractivity contribution in [3.05, 3.63) is 77.7 Å². The number of hydrogen-bond acceptors (Lipinski definition) is 7. The van der Waals surface area contributed by atoms with Crippen molar-refractivity contribution in [1.29, 1.82) is 0 Å². The second-order valence-electron chi connectivity index (χ2n) is 9.41. The van der Waals surface area contributed by atoms with Crippen molar-refractivity contribution >= 4 is 0 Å². The van der Waals surface area contributed by atoms with E-state index in [0.29, 0.717) is 41.9 Å². The van der Waals surface area contributed by atoms with Crippen molar-refractivity contribution in [2.45, 2.75) is 46.3 Å². The van der Waals surface area contributed by atoms with E-state index in [-0.39, 0.29) is 18.3 Å². The first-order chi connectivity index (χ1) is 18.5. The molecule has 0 aliphatic carbocycles. The van der Waals surface area contributed by atoms with Crippen LogP contribution in [0.25, 0.3) is 28.5 Å². The number of benzene rings is 2. The molecular formula is C28H27FN6O3. The number of aromatic nitrogens is 6. The minimum atomic E-state index is -0.353. The van der Waals surface area contributed by atoms with Gasteiger partial charge in [-0.3, -0.25) is 4.57 Å². The molecule has 0 radical (unpaired) electrons. The fraction of sp³-hybridized carbons (Fsp3) is 0.286.